The molecule has 2 saturated carbocycles. The predicted molar refractivity (Wildman–Crippen MR) is 267 cm³/mol. The molecule has 0 unspecified atom stereocenters. The second kappa shape index (κ2) is 23.8. The van der Waals surface area contributed by atoms with Crippen LogP contribution in [0.15, 0.2) is 144 Å². The van der Waals surface area contributed by atoms with Gasteiger partial charge in [-0.1, -0.05) is 65.2 Å². The summed E-state index contributed by atoms with van der Waals surface area (Å²) in [4.78, 5) is 68.8. The molecule has 0 bridgehead atoms. The Hall–Kier alpha value is -6.42. The first-order chi connectivity index (χ1) is 34.9. The molecular formula is C52H50BrF6N10NaO4. The van der Waals surface area contributed by atoms with Crippen molar-refractivity contribution < 1.29 is 76.5 Å². The zero-order valence-corrected chi connectivity index (χ0v) is 43.7. The van der Waals surface area contributed by atoms with E-state index in [0.717, 1.165) is 86.1 Å². The molecule has 4 aliphatic rings. The molecule has 10 rings (SSSR count). The number of alkyl halides is 7. The van der Waals surface area contributed by atoms with Crippen molar-refractivity contribution in [2.45, 2.75) is 87.9 Å². The Kier molecular flexibility index (Phi) is 17.8. The van der Waals surface area contributed by atoms with E-state index in [-0.39, 0.29) is 71.7 Å². The summed E-state index contributed by atoms with van der Waals surface area (Å²) in [5.41, 5.74) is 1.65. The quantitative estimate of drug-likeness (QED) is 0.0774. The van der Waals surface area contributed by atoms with E-state index in [2.05, 4.69) is 41.8 Å². The van der Waals surface area contributed by atoms with Crippen LogP contribution < -0.4 is 45.5 Å². The predicted octanol–water partition coefficient (Wildman–Crippen LogP) is 7.43. The summed E-state index contributed by atoms with van der Waals surface area (Å²) >= 11 is 2.90. The van der Waals surface area contributed by atoms with Crippen molar-refractivity contribution in [3.63, 3.8) is 0 Å². The molecular weight excluding hydrogens is 1050 g/mol. The van der Waals surface area contributed by atoms with E-state index < -0.39 is 41.0 Å². The smallest absolute Gasteiger partial charge is 1.00 e. The molecule has 2 aromatic heterocycles. The fraction of sp³-hybridized carbons (Fsp3) is 0.308. The number of hydrogen-bond donors (Lipinski definition) is 3. The van der Waals surface area contributed by atoms with Gasteiger partial charge >= 0.3 is 41.9 Å². The fourth-order valence-corrected chi connectivity index (χ4v) is 9.30. The number of nitrogens with zero attached hydrogens (tertiary/aromatic N) is 7. The summed E-state index contributed by atoms with van der Waals surface area (Å²) in [5.74, 6) is -1.36. The van der Waals surface area contributed by atoms with Gasteiger partial charge in [0.25, 0.3) is 11.8 Å². The third kappa shape index (κ3) is 13.5. The molecule has 0 atom stereocenters. The van der Waals surface area contributed by atoms with Crippen LogP contribution >= 0.6 is 15.9 Å². The zero-order chi connectivity index (χ0) is 51.8. The molecule has 3 N–H and O–H groups in total. The minimum atomic E-state index is -4.52. The molecule has 4 aromatic carbocycles. The number of nitrogens with one attached hydrogen (secondary N) is 3. The van der Waals surface area contributed by atoms with Crippen LogP contribution in [0.2, 0.25) is 0 Å². The standard InChI is InChI=1S/C26H24F3N5O2.C17H18N4O.C9H7BrF3NO.Na.H/c27-26(28,29)19-5-4-6-20(15-19)31-22(35)16-34-24(36)23(32-25(34)11-2-1-3-12-25)18-7-9-21(10-8-18)33-14-13-30-17-33;22-16-15(19-17(20-16)8-2-1-3-9-17)13-4-6-14(7-5-13)21-11-10-18-12-21;10-5-8(15)14-7-3-1-2-6(4-7)9(11,12)13;;/h4-10,13-15,17H,1-3,11-12,16H2,(H,31,35);4-7,10-12H,1-3,8-9H2,(H,20,22);1-4H,5H2,(H,14,15);;/q;;;+1;-1. The first kappa shape index (κ1) is 55.3. The summed E-state index contributed by atoms with van der Waals surface area (Å²) in [6, 6.07) is 24.2. The molecule has 6 aromatic rings. The molecule has 22 heteroatoms. The first-order valence-electron chi connectivity index (χ1n) is 23.5. The molecule has 2 aliphatic heterocycles. The maximum atomic E-state index is 13.5. The Morgan fingerprint density at radius 3 is 1.57 bits per heavy atom. The van der Waals surface area contributed by atoms with Crippen molar-refractivity contribution in [2.24, 2.45) is 9.98 Å². The van der Waals surface area contributed by atoms with Crippen molar-refractivity contribution in [3.8, 4) is 11.4 Å². The number of imidazole rings is 2. The Labute approximate surface area is 454 Å². The SMILES string of the molecule is O=C(CBr)Nc1cccc(C(F)(F)F)c1.O=C(CN1C(=O)C(c2ccc(-n3ccnc3)cc2)=NC12CCCCC2)Nc1cccc(C(F)(F)F)c1.O=C1NC2(CCCCC2)N=C1c1ccc(-n2ccnc2)cc1.[H-].[Na+]. The largest absolute Gasteiger partial charge is 1.00 e. The number of rotatable bonds is 9. The van der Waals surface area contributed by atoms with Gasteiger partial charge in [0.05, 0.1) is 29.1 Å². The molecule has 14 nitrogen and oxygen atoms in total. The van der Waals surface area contributed by atoms with E-state index in [1.165, 1.54) is 35.6 Å². The van der Waals surface area contributed by atoms with Crippen molar-refractivity contribution in [1.29, 1.82) is 0 Å². The summed E-state index contributed by atoms with van der Waals surface area (Å²) < 4.78 is 79.7. The van der Waals surface area contributed by atoms with E-state index in [4.69, 9.17) is 9.98 Å². The van der Waals surface area contributed by atoms with Crippen LogP contribution in [0.1, 0.15) is 87.9 Å². The van der Waals surface area contributed by atoms with Crippen LogP contribution in [0, 0.1) is 0 Å². The molecule has 382 valence electrons. The minimum Gasteiger partial charge on any atom is -1.00 e. The second-order valence-electron chi connectivity index (χ2n) is 17.8. The zero-order valence-electron chi connectivity index (χ0n) is 41.1. The van der Waals surface area contributed by atoms with Crippen molar-refractivity contribution in [1.82, 2.24) is 29.3 Å². The van der Waals surface area contributed by atoms with E-state index in [1.54, 1.807) is 25.0 Å². The van der Waals surface area contributed by atoms with E-state index in [1.807, 2.05) is 70.1 Å². The molecule has 2 aliphatic carbocycles. The topological polar surface area (TPSA) is 168 Å². The van der Waals surface area contributed by atoms with Crippen LogP contribution in [-0.2, 0) is 31.5 Å². The van der Waals surface area contributed by atoms with E-state index in [9.17, 15) is 45.5 Å². The maximum Gasteiger partial charge on any atom is 1.00 e. The Morgan fingerprint density at radius 2 is 1.11 bits per heavy atom. The summed E-state index contributed by atoms with van der Waals surface area (Å²) in [5, 5.41) is 7.97. The van der Waals surface area contributed by atoms with Crippen molar-refractivity contribution in [2.75, 3.05) is 22.5 Å². The number of anilines is 2. The van der Waals surface area contributed by atoms with Gasteiger partial charge in [-0.15, -0.1) is 0 Å². The van der Waals surface area contributed by atoms with Gasteiger partial charge < -0.3 is 31.4 Å². The summed E-state index contributed by atoms with van der Waals surface area (Å²) in [7, 11) is 0. The second-order valence-corrected chi connectivity index (χ2v) is 18.4. The van der Waals surface area contributed by atoms with E-state index in [0.29, 0.717) is 29.8 Å². The first-order valence-corrected chi connectivity index (χ1v) is 24.6. The third-order valence-corrected chi connectivity index (χ3v) is 13.3. The van der Waals surface area contributed by atoms with Crippen LogP contribution in [0.3, 0.4) is 0 Å². The van der Waals surface area contributed by atoms with Gasteiger partial charge in [-0.05, 0) is 112 Å². The molecule has 2 fully saturated rings. The van der Waals surface area contributed by atoms with Crippen LogP contribution in [0.25, 0.3) is 11.4 Å². The average molecular weight is 1100 g/mol. The van der Waals surface area contributed by atoms with Gasteiger partial charge in [0.1, 0.15) is 29.3 Å². The Balaban J connectivity index is 0.000000200. The monoisotopic (exact) mass is 1090 g/mol. The number of halogens is 7. The minimum absolute atomic E-state index is 0. The molecule has 74 heavy (non-hydrogen) atoms. The Bertz CT molecular complexity index is 2980. The van der Waals surface area contributed by atoms with Gasteiger partial charge in [-0.2, -0.15) is 26.3 Å². The molecule has 2 spiro atoms. The number of aliphatic imine (C=N–C) groups is 2. The maximum absolute atomic E-state index is 13.5. The molecule has 0 radical (unpaired) electrons. The summed E-state index contributed by atoms with van der Waals surface area (Å²) in [6.07, 6.45) is 11.1. The number of carbonyl (C=O) groups excluding carboxylic acids is 4. The van der Waals surface area contributed by atoms with Gasteiger partial charge in [-0.25, -0.2) is 9.97 Å². The van der Waals surface area contributed by atoms with Gasteiger partial charge in [0.2, 0.25) is 11.8 Å². The van der Waals surface area contributed by atoms with Crippen molar-refractivity contribution in [3.05, 3.63) is 157 Å². The van der Waals surface area contributed by atoms with Gasteiger partial charge in [0, 0.05) is 58.7 Å². The average Bonchev–Trinajstić information content (AvgIpc) is 4.22. The third-order valence-electron chi connectivity index (χ3n) is 12.7. The molecule has 0 saturated heterocycles. The Morgan fingerprint density at radius 1 is 0.635 bits per heavy atom. The molecule has 4 heterocycles. The van der Waals surface area contributed by atoms with Gasteiger partial charge in [0.15, 0.2) is 0 Å². The summed E-state index contributed by atoms with van der Waals surface area (Å²) in [6.45, 7) is -0.296. The van der Waals surface area contributed by atoms with Gasteiger partial charge in [-0.3, -0.25) is 29.2 Å². The van der Waals surface area contributed by atoms with Crippen LogP contribution in [0.4, 0.5) is 37.7 Å². The normalized spacial score (nSPS) is 16.7. The number of benzene rings is 4. The van der Waals surface area contributed by atoms with E-state index >= 15 is 0 Å². The molecule has 4 amide bonds. The number of amides is 4. The van der Waals surface area contributed by atoms with Crippen LogP contribution in [-0.4, -0.2) is 82.3 Å². The number of carbonyl (C=O) groups is 4. The number of aromatic nitrogens is 4. The fourth-order valence-electron chi connectivity index (χ4n) is 9.16. The van der Waals surface area contributed by atoms with Crippen molar-refractivity contribution >= 4 is 62.4 Å². The number of hydrogen-bond acceptors (Lipinski definition) is 8. The van der Waals surface area contributed by atoms with Crippen LogP contribution in [0.5, 0.6) is 0 Å².